The zero-order valence-electron chi connectivity index (χ0n) is 75.6. The second-order valence-electron chi connectivity index (χ2n) is 35.8. The van der Waals surface area contributed by atoms with Gasteiger partial charge < -0.3 is 50.7 Å². The molecule has 6 heterocycles. The Hall–Kier alpha value is -12.8. The molecule has 29 heteroatoms. The Morgan fingerprint density at radius 1 is 0.489 bits per heavy atom. The van der Waals surface area contributed by atoms with Crippen molar-refractivity contribution in [2.75, 3.05) is 77.4 Å². The molecule has 9 amide bonds. The summed E-state index contributed by atoms with van der Waals surface area (Å²) < 4.78 is 31.2. The van der Waals surface area contributed by atoms with Crippen molar-refractivity contribution in [3.05, 3.63) is 319 Å². The van der Waals surface area contributed by atoms with Crippen molar-refractivity contribution >= 4 is 91.8 Å². The number of phenols is 1. The van der Waals surface area contributed by atoms with Crippen LogP contribution in [0, 0.1) is 0 Å². The Balaban J connectivity index is 0.000000190. The fourth-order valence-corrected chi connectivity index (χ4v) is 18.8. The van der Waals surface area contributed by atoms with E-state index < -0.39 is 100 Å². The number of aliphatic hydroxyl groups excluding tert-OH is 2. The molecule has 27 nitrogen and oxygen atoms in total. The molecule has 3 saturated heterocycles. The molecule has 1 aliphatic carbocycles. The number of sulfone groups is 1. The lowest BCUT2D eigenvalue weighted by atomic mass is 9.87. The normalized spacial score (nSPS) is 17.2. The first kappa shape index (κ1) is 98.8. The second-order valence-corrected chi connectivity index (χ2v) is 39.2. The van der Waals surface area contributed by atoms with Gasteiger partial charge in [0.25, 0.3) is 17.7 Å². The first-order chi connectivity index (χ1) is 62.5. The number of carbonyl (C=O) groups excluding carboxylic acids is 9. The van der Waals surface area contributed by atoms with Crippen LogP contribution in [0.5, 0.6) is 5.75 Å². The number of phenolic OH excluding ortho intramolecular Hbond substituents is 1. The van der Waals surface area contributed by atoms with Crippen molar-refractivity contribution in [1.82, 2.24) is 45.6 Å². The van der Waals surface area contributed by atoms with Crippen LogP contribution in [0.15, 0.2) is 263 Å². The van der Waals surface area contributed by atoms with Gasteiger partial charge in [0.05, 0.1) is 43.4 Å². The number of ether oxygens (including phenoxy) is 1. The number of fused-ring (bicyclic) bond motifs is 1. The van der Waals surface area contributed by atoms with Gasteiger partial charge in [-0.1, -0.05) is 203 Å². The van der Waals surface area contributed by atoms with Gasteiger partial charge in [-0.15, -0.1) is 0 Å². The molecule has 688 valence electrons. The number of aromatic hydroxyl groups is 1. The van der Waals surface area contributed by atoms with Crippen molar-refractivity contribution in [2.24, 2.45) is 0 Å². The second kappa shape index (κ2) is 44.7. The van der Waals surface area contributed by atoms with Gasteiger partial charge in [-0.05, 0) is 166 Å². The van der Waals surface area contributed by atoms with Crippen molar-refractivity contribution in [3.8, 4) is 5.75 Å². The molecule has 4 aliphatic rings. The molecular weight excluding hydrogens is 1700 g/mol. The fraction of sp³-hybridized carbons (Fsp3) is 0.353. The highest BCUT2D eigenvalue weighted by Crippen LogP contribution is 2.39. The molecule has 0 bridgehead atoms. The summed E-state index contributed by atoms with van der Waals surface area (Å²) in [6.07, 6.45) is 15.2. The number of amides is 9. The number of aliphatic hydroxyl groups is 2. The highest BCUT2D eigenvalue weighted by Gasteiger charge is 2.47. The zero-order chi connectivity index (χ0) is 94.5. The maximum absolute atomic E-state index is 14.7. The van der Waals surface area contributed by atoms with Gasteiger partial charge in [0.2, 0.25) is 35.4 Å². The van der Waals surface area contributed by atoms with E-state index >= 15 is 0 Å². The summed E-state index contributed by atoms with van der Waals surface area (Å²) in [6, 6.07) is 48.8. The summed E-state index contributed by atoms with van der Waals surface area (Å²) in [6.45, 7) is 29.3. The van der Waals surface area contributed by atoms with Gasteiger partial charge in [0.1, 0.15) is 48.7 Å². The number of nitrogens with one attached hydrogen (secondary N) is 3. The minimum absolute atomic E-state index is 0.0256. The SMILES string of the molecule is C=CC(=O)N1CCS(=O)(=O)CC1C(=O)N(c1ccc(C(C)(C)C)cc1)C(C(=O)NC(CO)Cc1ccc(O)cc1)c1cccnc1.C=CC(=O)N1CCSCC1C(=O)N(c1ccc(C(C)(C)C)cc1)C(C(=O)NC(CO)Cc1ccccc1)c1cccnc1.C=CC(=O)N1COCCC1C(=O)N(c1ccc(C(C)(C)C)cc1)C(C(=O)NC1Cc2ccccc2C1)c1cccnc1. The first-order valence-electron chi connectivity index (χ1n) is 43.7. The minimum Gasteiger partial charge on any atom is -0.508 e. The van der Waals surface area contributed by atoms with E-state index in [-0.39, 0.29) is 83.7 Å². The Kier molecular flexibility index (Phi) is 33.7. The van der Waals surface area contributed by atoms with E-state index in [1.165, 1.54) is 77.2 Å². The van der Waals surface area contributed by atoms with Gasteiger partial charge in [-0.3, -0.25) is 72.8 Å². The number of aromatic nitrogens is 3. The van der Waals surface area contributed by atoms with Gasteiger partial charge >= 0.3 is 0 Å². The lowest BCUT2D eigenvalue weighted by Crippen LogP contribution is -2.60. The number of benzene rings is 6. The van der Waals surface area contributed by atoms with Crippen LogP contribution in [0.4, 0.5) is 17.1 Å². The molecule has 6 aromatic carbocycles. The van der Waals surface area contributed by atoms with Crippen LogP contribution in [0.1, 0.15) is 142 Å². The van der Waals surface area contributed by atoms with E-state index in [2.05, 4.69) is 104 Å². The van der Waals surface area contributed by atoms with Crippen LogP contribution < -0.4 is 30.7 Å². The molecule has 6 N–H and O–H groups in total. The molecule has 3 aromatic heterocycles. The predicted octanol–water partition coefficient (Wildman–Crippen LogP) is 11.5. The van der Waals surface area contributed by atoms with Crippen LogP contribution in [0.3, 0.4) is 0 Å². The van der Waals surface area contributed by atoms with Crippen molar-refractivity contribution in [2.45, 2.75) is 165 Å². The highest BCUT2D eigenvalue weighted by molar-refractivity contribution is 7.99. The number of hydrogen-bond donors (Lipinski definition) is 6. The highest BCUT2D eigenvalue weighted by atomic mass is 32.2. The third kappa shape index (κ3) is 25.5. The Morgan fingerprint density at radius 2 is 0.878 bits per heavy atom. The number of anilines is 3. The quantitative estimate of drug-likeness (QED) is 0.0260. The van der Waals surface area contributed by atoms with Crippen molar-refractivity contribution in [1.29, 1.82) is 0 Å². The van der Waals surface area contributed by atoms with Crippen molar-refractivity contribution < 1.29 is 71.6 Å². The Bertz CT molecular complexity index is 5560. The van der Waals surface area contributed by atoms with E-state index in [1.54, 1.807) is 97.2 Å². The lowest BCUT2D eigenvalue weighted by molar-refractivity contribution is -0.149. The van der Waals surface area contributed by atoms with Crippen LogP contribution in [0.2, 0.25) is 0 Å². The van der Waals surface area contributed by atoms with Gasteiger partial charge in [-0.25, -0.2) is 8.42 Å². The zero-order valence-corrected chi connectivity index (χ0v) is 77.2. The molecule has 8 atom stereocenters. The summed E-state index contributed by atoms with van der Waals surface area (Å²) in [5, 5.41) is 39.2. The van der Waals surface area contributed by atoms with Crippen LogP contribution >= 0.6 is 11.8 Å². The smallest absolute Gasteiger partial charge is 0.251 e. The van der Waals surface area contributed by atoms with Crippen LogP contribution in [-0.4, -0.2) is 205 Å². The maximum atomic E-state index is 14.7. The standard InChI is InChI=1S/C34H40N4O7S.C34H40N4O4S.C34H38N4O4/c1-5-30(41)37-17-18-46(44,45)22-29(37)33(43)38(27-12-10-25(11-13-27)34(2,3)4)31(24-7-6-16-35-20-24)32(42)36-26(21-39)19-23-8-14-28(40)15-9-23;1-5-30(40)37-18-19-43-23-29(37)33(42)38(28-15-13-26(14-16-28)34(2,3)4)31(25-12-9-17-35-21-25)32(41)36-27(22-39)20-24-10-7-6-8-11-24;1-5-30(39)37-22-42-18-16-29(37)33(41)38(28-14-12-26(13-15-28)34(2,3)4)31(25-11-8-17-35-21-25)32(40)36-27-19-23-9-6-7-10-24(23)20-27/h5-16,20,26,29,31,39-40H,1,17-19,21-22H2,2-4H3,(H,36,42);5-17,21,27,29,31,39H,1,18-20,22-23H2,2-4H3,(H,36,41);5-15,17,21,27,29,31H,1,16,18-20,22H2,2-4H3,(H,36,40). The fourth-order valence-electron chi connectivity index (χ4n) is 16.3. The third-order valence-corrected chi connectivity index (χ3v) is 26.1. The van der Waals surface area contributed by atoms with E-state index in [1.807, 2.05) is 124 Å². The largest absolute Gasteiger partial charge is 0.508 e. The Morgan fingerprint density at radius 3 is 1.28 bits per heavy atom. The topological polar surface area (TPSA) is 352 Å². The van der Waals surface area contributed by atoms with E-state index in [9.17, 15) is 66.9 Å². The molecule has 9 aromatic rings. The van der Waals surface area contributed by atoms with Crippen molar-refractivity contribution in [3.63, 3.8) is 0 Å². The molecule has 0 spiro atoms. The Labute approximate surface area is 771 Å². The third-order valence-electron chi connectivity index (χ3n) is 23.5. The van der Waals surface area contributed by atoms with E-state index in [4.69, 9.17) is 4.74 Å². The summed E-state index contributed by atoms with van der Waals surface area (Å²) >= 11 is 1.59. The molecule has 13 rings (SSSR count). The maximum Gasteiger partial charge on any atom is 0.251 e. The monoisotopic (exact) mass is 1810 g/mol. The number of rotatable bonds is 27. The molecule has 3 aliphatic heterocycles. The summed E-state index contributed by atoms with van der Waals surface area (Å²) in [7, 11) is -3.70. The summed E-state index contributed by atoms with van der Waals surface area (Å²) in [5.74, 6) is -4.02. The molecule has 0 radical (unpaired) electrons. The number of thioether (sulfide) groups is 1. The molecule has 131 heavy (non-hydrogen) atoms. The average Bonchev–Trinajstić information content (AvgIpc) is 0.878. The van der Waals surface area contributed by atoms with Crippen LogP contribution in [0.25, 0.3) is 0 Å². The first-order valence-corrected chi connectivity index (χ1v) is 46.7. The molecule has 3 fully saturated rings. The number of pyridine rings is 3. The summed E-state index contributed by atoms with van der Waals surface area (Å²) in [5.41, 5.74) is 9.62. The van der Waals surface area contributed by atoms with Gasteiger partial charge in [0.15, 0.2) is 9.84 Å². The number of nitrogens with zero attached hydrogens (tertiary/aromatic N) is 9. The minimum atomic E-state index is -3.70. The van der Waals surface area contributed by atoms with Crippen LogP contribution in [-0.2, 0) is 99.7 Å². The number of hydrogen-bond acceptors (Lipinski definition) is 19. The molecule has 8 unspecified atom stereocenters. The number of carbonyl (C=O) groups is 9. The van der Waals surface area contributed by atoms with Gasteiger partial charge in [0, 0.05) is 108 Å². The summed E-state index contributed by atoms with van der Waals surface area (Å²) in [4.78, 5) is 146. The average molecular weight is 1820 g/mol. The van der Waals surface area contributed by atoms with E-state index in [0.717, 1.165) is 46.7 Å². The predicted molar refractivity (Wildman–Crippen MR) is 508 cm³/mol. The lowest BCUT2D eigenvalue weighted by Gasteiger charge is -2.40. The molecular formula is C102H118N12O15S2. The van der Waals surface area contributed by atoms with E-state index in [0.29, 0.717) is 71.3 Å². The van der Waals surface area contributed by atoms with Gasteiger partial charge in [-0.2, -0.15) is 11.8 Å². The molecule has 0 saturated carbocycles.